The molecule has 1 N–H and O–H groups in total. The number of ether oxygens (including phenoxy) is 5. The summed E-state index contributed by atoms with van der Waals surface area (Å²) >= 11 is 0. The first kappa shape index (κ1) is 13.2. The van der Waals surface area contributed by atoms with Gasteiger partial charge in [0.2, 0.25) is 0 Å². The molecule has 2 saturated heterocycles. The maximum absolute atomic E-state index is 9.32. The minimum Gasteiger partial charge on any atom is -0.394 e. The highest BCUT2D eigenvalue weighted by molar-refractivity contribution is 4.97. The van der Waals surface area contributed by atoms with Gasteiger partial charge in [0.05, 0.1) is 6.61 Å². The summed E-state index contributed by atoms with van der Waals surface area (Å²) in [7, 11) is 3.11. The average molecular weight is 248 g/mol. The molecule has 2 fully saturated rings. The van der Waals surface area contributed by atoms with Crippen LogP contribution in [-0.2, 0) is 23.7 Å². The number of aliphatic hydroxyl groups is 1. The van der Waals surface area contributed by atoms with Crippen LogP contribution in [0.25, 0.3) is 0 Å². The molecule has 0 unspecified atom stereocenters. The van der Waals surface area contributed by atoms with Crippen LogP contribution >= 0.6 is 0 Å². The predicted octanol–water partition coefficient (Wildman–Crippen LogP) is -0.115. The summed E-state index contributed by atoms with van der Waals surface area (Å²) in [4.78, 5) is 0. The maximum Gasteiger partial charge on any atom is 0.186 e. The molecule has 0 saturated carbocycles. The fourth-order valence-corrected chi connectivity index (χ4v) is 2.42. The zero-order chi connectivity index (χ0) is 12.6. The lowest BCUT2D eigenvalue weighted by Crippen LogP contribution is -2.58. The van der Waals surface area contributed by atoms with Gasteiger partial charge >= 0.3 is 0 Å². The monoisotopic (exact) mass is 248 g/mol. The molecule has 2 heterocycles. The van der Waals surface area contributed by atoms with Gasteiger partial charge in [0.15, 0.2) is 12.1 Å². The smallest absolute Gasteiger partial charge is 0.186 e. The van der Waals surface area contributed by atoms with Crippen molar-refractivity contribution in [3.8, 4) is 0 Å². The summed E-state index contributed by atoms with van der Waals surface area (Å²) < 4.78 is 27.7. The molecule has 0 bridgehead atoms. The van der Waals surface area contributed by atoms with E-state index in [-0.39, 0.29) is 24.9 Å². The van der Waals surface area contributed by atoms with E-state index in [1.165, 1.54) is 7.11 Å². The molecule has 2 aliphatic rings. The Labute approximate surface area is 101 Å². The minimum atomic E-state index is -0.703. The molecule has 0 amide bonds. The van der Waals surface area contributed by atoms with Gasteiger partial charge < -0.3 is 28.8 Å². The molecule has 0 aromatic heterocycles. The molecule has 0 radical (unpaired) electrons. The van der Waals surface area contributed by atoms with Crippen LogP contribution in [0.15, 0.2) is 0 Å². The molecule has 5 atom stereocenters. The fourth-order valence-electron chi connectivity index (χ4n) is 2.42. The first-order chi connectivity index (χ1) is 8.02. The third-order valence-electron chi connectivity index (χ3n) is 3.12. The molecule has 17 heavy (non-hydrogen) atoms. The lowest BCUT2D eigenvalue weighted by molar-refractivity contribution is -0.279. The minimum absolute atomic E-state index is 0.142. The van der Waals surface area contributed by atoms with Crippen molar-refractivity contribution in [1.82, 2.24) is 0 Å². The highest BCUT2D eigenvalue weighted by atomic mass is 16.8. The van der Waals surface area contributed by atoms with Gasteiger partial charge in [0, 0.05) is 14.2 Å². The molecular weight excluding hydrogens is 228 g/mol. The molecule has 0 spiro atoms. The van der Waals surface area contributed by atoms with Crippen LogP contribution in [0.4, 0.5) is 0 Å². The van der Waals surface area contributed by atoms with E-state index in [1.807, 2.05) is 13.8 Å². The summed E-state index contributed by atoms with van der Waals surface area (Å²) in [6.45, 7) is 3.51. The molecular formula is C11H20O6. The van der Waals surface area contributed by atoms with Crippen LogP contribution in [0.1, 0.15) is 13.8 Å². The van der Waals surface area contributed by atoms with Crippen LogP contribution in [0.2, 0.25) is 0 Å². The molecule has 100 valence electrons. The highest BCUT2D eigenvalue weighted by Crippen LogP contribution is 2.38. The van der Waals surface area contributed by atoms with Gasteiger partial charge in [-0.2, -0.15) is 0 Å². The lowest BCUT2D eigenvalue weighted by atomic mass is 9.99. The van der Waals surface area contributed by atoms with Crippen LogP contribution in [0.5, 0.6) is 0 Å². The van der Waals surface area contributed by atoms with E-state index in [0.717, 1.165) is 0 Å². The summed E-state index contributed by atoms with van der Waals surface area (Å²) in [5.74, 6) is -0.703. The van der Waals surface area contributed by atoms with E-state index in [1.54, 1.807) is 7.11 Å². The summed E-state index contributed by atoms with van der Waals surface area (Å²) in [6, 6.07) is 0. The standard InChI is InChI=1S/C11H20O6/c1-11(2)16-7-6(5-12)15-10(14-4)9(13-3)8(7)17-11/h6-10,12H,5H2,1-4H3/t6-,7+,8+,9-,10-/m1/s1. The van der Waals surface area contributed by atoms with Gasteiger partial charge in [0.25, 0.3) is 0 Å². The second-order valence-corrected chi connectivity index (χ2v) is 4.73. The Morgan fingerprint density at radius 2 is 1.76 bits per heavy atom. The number of hydrogen-bond acceptors (Lipinski definition) is 6. The Morgan fingerprint density at radius 1 is 1.12 bits per heavy atom. The summed E-state index contributed by atoms with van der Waals surface area (Å²) in [5.41, 5.74) is 0. The maximum atomic E-state index is 9.32. The average Bonchev–Trinajstić information content (AvgIpc) is 2.61. The fraction of sp³-hybridized carbons (Fsp3) is 1.00. The Balaban J connectivity index is 2.21. The van der Waals surface area contributed by atoms with E-state index in [2.05, 4.69) is 0 Å². The van der Waals surface area contributed by atoms with Crippen LogP contribution in [-0.4, -0.2) is 62.4 Å². The van der Waals surface area contributed by atoms with Crippen molar-refractivity contribution in [3.05, 3.63) is 0 Å². The Hall–Kier alpha value is -0.240. The summed E-state index contributed by atoms with van der Waals surface area (Å²) in [5, 5.41) is 9.32. The van der Waals surface area contributed by atoms with Crippen molar-refractivity contribution in [2.45, 2.75) is 50.3 Å². The van der Waals surface area contributed by atoms with E-state index in [4.69, 9.17) is 23.7 Å². The Kier molecular flexibility index (Phi) is 3.72. The third kappa shape index (κ3) is 2.33. The second-order valence-electron chi connectivity index (χ2n) is 4.73. The first-order valence-corrected chi connectivity index (χ1v) is 5.70. The zero-order valence-electron chi connectivity index (χ0n) is 10.6. The van der Waals surface area contributed by atoms with E-state index >= 15 is 0 Å². The van der Waals surface area contributed by atoms with Crippen molar-refractivity contribution in [3.63, 3.8) is 0 Å². The van der Waals surface area contributed by atoms with Crippen molar-refractivity contribution in [2.75, 3.05) is 20.8 Å². The number of fused-ring (bicyclic) bond motifs is 1. The van der Waals surface area contributed by atoms with Gasteiger partial charge in [-0.3, -0.25) is 0 Å². The van der Waals surface area contributed by atoms with E-state index < -0.39 is 18.2 Å². The van der Waals surface area contributed by atoms with E-state index in [0.29, 0.717) is 0 Å². The molecule has 0 aromatic rings. The summed E-state index contributed by atoms with van der Waals surface area (Å²) in [6.07, 6.45) is -2.03. The van der Waals surface area contributed by atoms with Gasteiger partial charge in [-0.25, -0.2) is 0 Å². The van der Waals surface area contributed by atoms with Crippen molar-refractivity contribution in [1.29, 1.82) is 0 Å². The molecule has 2 aliphatic heterocycles. The SMILES string of the molecule is CO[C@@H]1O[C@H](CO)[C@@H]2OC(C)(C)O[C@@H]2[C@H]1OC. The van der Waals surface area contributed by atoms with Crippen molar-refractivity contribution < 1.29 is 28.8 Å². The van der Waals surface area contributed by atoms with Crippen LogP contribution in [0.3, 0.4) is 0 Å². The molecule has 2 rings (SSSR count). The lowest BCUT2D eigenvalue weighted by Gasteiger charge is -2.40. The van der Waals surface area contributed by atoms with Crippen molar-refractivity contribution in [2.24, 2.45) is 0 Å². The quantitative estimate of drug-likeness (QED) is 0.751. The van der Waals surface area contributed by atoms with Gasteiger partial charge in [-0.05, 0) is 13.8 Å². The first-order valence-electron chi connectivity index (χ1n) is 5.70. The highest BCUT2D eigenvalue weighted by Gasteiger charge is 2.55. The van der Waals surface area contributed by atoms with Crippen LogP contribution < -0.4 is 0 Å². The number of aliphatic hydroxyl groups excluding tert-OH is 1. The third-order valence-corrected chi connectivity index (χ3v) is 3.12. The van der Waals surface area contributed by atoms with Crippen LogP contribution in [0, 0.1) is 0 Å². The molecule has 0 aliphatic carbocycles. The van der Waals surface area contributed by atoms with Gasteiger partial charge in [-0.1, -0.05) is 0 Å². The molecule has 0 aromatic carbocycles. The Morgan fingerprint density at radius 3 is 2.29 bits per heavy atom. The Bertz CT molecular complexity index is 269. The molecule has 6 heteroatoms. The van der Waals surface area contributed by atoms with Gasteiger partial charge in [0.1, 0.15) is 24.4 Å². The second kappa shape index (κ2) is 4.79. The zero-order valence-corrected chi connectivity index (χ0v) is 10.6. The van der Waals surface area contributed by atoms with Gasteiger partial charge in [-0.15, -0.1) is 0 Å². The number of methoxy groups -OCH3 is 2. The number of rotatable bonds is 3. The van der Waals surface area contributed by atoms with E-state index in [9.17, 15) is 5.11 Å². The predicted molar refractivity (Wildman–Crippen MR) is 57.4 cm³/mol. The normalized spacial score (nSPS) is 44.6. The number of hydrogen-bond donors (Lipinski definition) is 1. The topological polar surface area (TPSA) is 66.4 Å². The van der Waals surface area contributed by atoms with Crippen molar-refractivity contribution >= 4 is 0 Å². The largest absolute Gasteiger partial charge is 0.394 e. The molecule has 6 nitrogen and oxygen atoms in total.